The third-order valence-corrected chi connectivity index (χ3v) is 7.99. The predicted octanol–water partition coefficient (Wildman–Crippen LogP) is 3.24. The number of nitrogens with zero attached hydrogens (tertiary/aromatic N) is 1. The monoisotopic (exact) mass is 669 g/mol. The number of carbonyl (C=O) groups is 3. The summed E-state index contributed by atoms with van der Waals surface area (Å²) in [5, 5.41) is 19.4. The van der Waals surface area contributed by atoms with E-state index in [0.717, 1.165) is 10.4 Å². The van der Waals surface area contributed by atoms with Gasteiger partial charge in [-0.2, -0.15) is 30.6 Å². The van der Waals surface area contributed by atoms with Gasteiger partial charge in [0, 0.05) is 30.9 Å². The van der Waals surface area contributed by atoms with Crippen LogP contribution in [0.15, 0.2) is 47.4 Å². The molecule has 1 atom stereocenters. The average molecular weight is 670 g/mol. The maximum atomic E-state index is 13.9. The first-order chi connectivity index (χ1) is 20.7. The summed E-state index contributed by atoms with van der Waals surface area (Å²) in [6, 6.07) is 7.88. The molecule has 19 heteroatoms. The van der Waals surface area contributed by atoms with Crippen LogP contribution < -0.4 is 16.4 Å². The number of ether oxygens (including phenoxy) is 1. The van der Waals surface area contributed by atoms with E-state index in [1.165, 1.54) is 37.3 Å². The van der Waals surface area contributed by atoms with Gasteiger partial charge in [0.2, 0.25) is 21.8 Å². The Kier molecular flexibility index (Phi) is 12.5. The second-order valence-corrected chi connectivity index (χ2v) is 11.3. The molecule has 0 spiro atoms. The Morgan fingerprint density at radius 3 is 2.16 bits per heavy atom. The van der Waals surface area contributed by atoms with Crippen molar-refractivity contribution in [3.05, 3.63) is 59.2 Å². The van der Waals surface area contributed by atoms with Gasteiger partial charge in [0.05, 0.1) is 23.1 Å². The lowest BCUT2D eigenvalue weighted by atomic mass is 10.0. The fourth-order valence-electron chi connectivity index (χ4n) is 3.83. The molecule has 0 radical (unpaired) electrons. The van der Waals surface area contributed by atoms with Crippen LogP contribution >= 0.6 is 0 Å². The molecule has 45 heavy (non-hydrogen) atoms. The van der Waals surface area contributed by atoms with Crippen LogP contribution in [-0.2, 0) is 35.3 Å². The number of carboxylic acid groups (broad SMARTS) is 1. The zero-order valence-corrected chi connectivity index (χ0v) is 24.3. The topological polar surface area (TPSA) is 192 Å². The van der Waals surface area contributed by atoms with Gasteiger partial charge in [-0.3, -0.25) is 15.0 Å². The van der Waals surface area contributed by atoms with E-state index in [-0.39, 0.29) is 31.1 Å². The summed E-state index contributed by atoms with van der Waals surface area (Å²) in [6.07, 6.45) is -10.3. The number of rotatable bonds is 8. The summed E-state index contributed by atoms with van der Waals surface area (Å²) in [4.78, 5) is 32.6. The summed E-state index contributed by atoms with van der Waals surface area (Å²) < 4.78 is 106. The summed E-state index contributed by atoms with van der Waals surface area (Å²) in [5.41, 5.74) is 4.86. The molecule has 1 heterocycles. The van der Waals surface area contributed by atoms with Crippen LogP contribution in [0.25, 0.3) is 0 Å². The zero-order valence-electron chi connectivity index (χ0n) is 23.5. The fourth-order valence-corrected chi connectivity index (χ4v) is 5.48. The Labute approximate surface area is 253 Å². The smallest absolute Gasteiger partial charge is 0.475 e. The molecule has 0 saturated carbocycles. The minimum atomic E-state index is -5.08. The van der Waals surface area contributed by atoms with E-state index in [2.05, 4.69) is 10.6 Å². The number of anilines is 1. The number of aliphatic carboxylic acids is 1. The van der Waals surface area contributed by atoms with E-state index >= 15 is 0 Å². The van der Waals surface area contributed by atoms with Gasteiger partial charge in [0.15, 0.2) is 0 Å². The SMILES string of the molecule is CC(NC(=O)CC(=O)Nc1ccc(C(=N)N)cc1)c1ccc(S(=O)(=O)N2CCCOCC2)c(C(F)(F)F)c1.O=C(O)C(F)(F)F. The van der Waals surface area contributed by atoms with Gasteiger partial charge in [0.25, 0.3) is 0 Å². The molecule has 3 rings (SSSR count). The number of sulfonamides is 1. The van der Waals surface area contributed by atoms with Gasteiger partial charge in [-0.05, 0) is 55.3 Å². The van der Waals surface area contributed by atoms with Crippen LogP contribution in [0.2, 0.25) is 0 Å². The molecule has 0 aliphatic carbocycles. The van der Waals surface area contributed by atoms with Gasteiger partial charge >= 0.3 is 18.3 Å². The minimum Gasteiger partial charge on any atom is -0.475 e. The Hall–Kier alpha value is -4.23. The summed E-state index contributed by atoms with van der Waals surface area (Å²) in [5.74, 6) is -4.31. The van der Waals surface area contributed by atoms with Crippen molar-refractivity contribution in [2.45, 2.75) is 43.1 Å². The highest BCUT2D eigenvalue weighted by Gasteiger charge is 2.40. The maximum Gasteiger partial charge on any atom is 0.490 e. The van der Waals surface area contributed by atoms with Crippen molar-refractivity contribution in [3.63, 3.8) is 0 Å². The Morgan fingerprint density at radius 2 is 1.62 bits per heavy atom. The molecule has 248 valence electrons. The predicted molar refractivity (Wildman–Crippen MR) is 147 cm³/mol. The van der Waals surface area contributed by atoms with Crippen LogP contribution in [0.4, 0.5) is 32.0 Å². The zero-order chi connectivity index (χ0) is 34.2. The number of nitrogens with two attached hydrogens (primary N) is 1. The second kappa shape index (κ2) is 15.2. The molecule has 2 aromatic carbocycles. The molecule has 1 aliphatic rings. The highest BCUT2D eigenvalue weighted by molar-refractivity contribution is 7.89. The number of carbonyl (C=O) groups excluding carboxylic acids is 2. The maximum absolute atomic E-state index is 13.9. The highest BCUT2D eigenvalue weighted by Crippen LogP contribution is 2.37. The Bertz CT molecular complexity index is 1490. The first-order valence-electron chi connectivity index (χ1n) is 12.9. The van der Waals surface area contributed by atoms with E-state index in [1.54, 1.807) is 0 Å². The first-order valence-corrected chi connectivity index (χ1v) is 14.3. The van der Waals surface area contributed by atoms with Crippen molar-refractivity contribution < 1.29 is 59.0 Å². The van der Waals surface area contributed by atoms with E-state index < -0.39 is 63.1 Å². The van der Waals surface area contributed by atoms with Crippen LogP contribution in [-0.4, -0.2) is 73.9 Å². The number of hydrogen-bond acceptors (Lipinski definition) is 7. The molecule has 1 fully saturated rings. The number of nitrogen functional groups attached to an aromatic ring is 1. The molecule has 6 N–H and O–H groups in total. The van der Waals surface area contributed by atoms with Crippen LogP contribution in [0.1, 0.15) is 42.5 Å². The molecule has 0 bridgehead atoms. The number of halogens is 6. The summed E-state index contributed by atoms with van der Waals surface area (Å²) in [7, 11) is -4.44. The largest absolute Gasteiger partial charge is 0.490 e. The van der Waals surface area contributed by atoms with Crippen molar-refractivity contribution in [1.82, 2.24) is 9.62 Å². The standard InChI is InChI=1S/C24H28F3N5O5S.C2HF3O2/c1-15(30-21(33)14-22(34)31-18-6-3-16(4-7-18)23(28)29)17-5-8-20(19(13-17)24(25,26)27)38(35,36)32-9-2-11-37-12-10-32;3-2(4,5)1(6)7/h3-8,13,15H,2,9-12,14H2,1H3,(H3,28,29)(H,30,33)(H,31,34);(H,6,7). The number of carboxylic acids is 1. The van der Waals surface area contributed by atoms with Gasteiger partial charge in [-0.15, -0.1) is 0 Å². The Morgan fingerprint density at radius 1 is 1.02 bits per heavy atom. The highest BCUT2D eigenvalue weighted by atomic mass is 32.2. The van der Waals surface area contributed by atoms with Crippen molar-refractivity contribution >= 4 is 39.3 Å². The van der Waals surface area contributed by atoms with Crippen LogP contribution in [0, 0.1) is 5.41 Å². The van der Waals surface area contributed by atoms with E-state index in [1.807, 2.05) is 0 Å². The van der Waals surface area contributed by atoms with Crippen molar-refractivity contribution in [3.8, 4) is 0 Å². The minimum absolute atomic E-state index is 0.0176. The summed E-state index contributed by atoms with van der Waals surface area (Å²) in [6.45, 7) is 1.80. The molecule has 1 unspecified atom stereocenters. The molecule has 1 aliphatic heterocycles. The lowest BCUT2D eigenvalue weighted by Crippen LogP contribution is -2.34. The number of benzene rings is 2. The Balaban J connectivity index is 0.000000900. The third-order valence-electron chi connectivity index (χ3n) is 6.03. The van der Waals surface area contributed by atoms with Gasteiger partial charge in [0.1, 0.15) is 12.3 Å². The molecular weight excluding hydrogens is 640 g/mol. The normalized spacial score (nSPS) is 15.1. The van der Waals surface area contributed by atoms with Gasteiger partial charge < -0.3 is 26.2 Å². The van der Waals surface area contributed by atoms with Gasteiger partial charge in [-0.25, -0.2) is 13.2 Å². The number of amides is 2. The number of nitrogens with one attached hydrogen (secondary N) is 3. The fraction of sp³-hybridized carbons (Fsp3) is 0.385. The lowest BCUT2D eigenvalue weighted by Gasteiger charge is -2.23. The van der Waals surface area contributed by atoms with E-state index in [0.29, 0.717) is 30.3 Å². The molecule has 1 saturated heterocycles. The van der Waals surface area contributed by atoms with Crippen molar-refractivity contribution in [1.29, 1.82) is 5.41 Å². The molecule has 0 aromatic heterocycles. The third kappa shape index (κ3) is 11.0. The van der Waals surface area contributed by atoms with Crippen LogP contribution in [0.3, 0.4) is 0 Å². The lowest BCUT2D eigenvalue weighted by molar-refractivity contribution is -0.192. The van der Waals surface area contributed by atoms with Crippen LogP contribution in [0.5, 0.6) is 0 Å². The molecule has 2 aromatic rings. The molecule has 12 nitrogen and oxygen atoms in total. The number of alkyl halides is 6. The number of amidine groups is 1. The van der Waals surface area contributed by atoms with Crippen molar-refractivity contribution in [2.24, 2.45) is 5.73 Å². The molecule has 2 amide bonds. The van der Waals surface area contributed by atoms with E-state index in [4.69, 9.17) is 25.8 Å². The quantitative estimate of drug-likeness (QED) is 0.122. The average Bonchev–Trinajstić information content (AvgIpc) is 3.22. The molecular formula is C26H29F6N5O7S. The van der Waals surface area contributed by atoms with Gasteiger partial charge in [-0.1, -0.05) is 6.07 Å². The van der Waals surface area contributed by atoms with Crippen molar-refractivity contribution in [2.75, 3.05) is 31.6 Å². The summed E-state index contributed by atoms with van der Waals surface area (Å²) >= 11 is 0. The first kappa shape index (κ1) is 37.0. The van der Waals surface area contributed by atoms with E-state index in [9.17, 15) is 44.3 Å². The number of hydrogen-bond donors (Lipinski definition) is 5. The second-order valence-electron chi connectivity index (χ2n) is 9.43.